The Morgan fingerprint density at radius 3 is 2.73 bits per heavy atom. The van der Waals surface area contributed by atoms with Gasteiger partial charge in [0.2, 0.25) is 12.1 Å². The molecule has 0 spiro atoms. The fraction of sp³-hybridized carbons (Fsp3) is 0.192. The average molecular weight is 444 g/mol. The summed E-state index contributed by atoms with van der Waals surface area (Å²) in [6.45, 7) is 4.97. The molecular weight excluding hydrogens is 418 g/mol. The summed E-state index contributed by atoms with van der Waals surface area (Å²) >= 11 is 0. The molecule has 33 heavy (non-hydrogen) atoms. The molecule has 3 aromatic rings. The predicted octanol–water partition coefficient (Wildman–Crippen LogP) is 2.18. The Morgan fingerprint density at radius 1 is 1.18 bits per heavy atom. The fourth-order valence-corrected chi connectivity index (χ4v) is 4.01. The Morgan fingerprint density at radius 2 is 2.00 bits per heavy atom. The molecule has 0 radical (unpaired) electrons. The highest BCUT2D eigenvalue weighted by Gasteiger charge is 2.44. The summed E-state index contributed by atoms with van der Waals surface area (Å²) in [6.07, 6.45) is 7.79. The first kappa shape index (κ1) is 22.1. The zero-order chi connectivity index (χ0) is 23.2. The second-order valence-corrected chi connectivity index (χ2v) is 7.71. The van der Waals surface area contributed by atoms with Gasteiger partial charge in [-0.3, -0.25) is 14.6 Å². The van der Waals surface area contributed by atoms with Gasteiger partial charge in [0.25, 0.3) is 5.91 Å². The number of ether oxygens (including phenoxy) is 1. The van der Waals surface area contributed by atoms with Gasteiger partial charge >= 0.3 is 0 Å². The maximum absolute atomic E-state index is 13.4. The number of aryl methyl sites for hydroxylation is 1. The highest BCUT2D eigenvalue weighted by atomic mass is 16.5. The van der Waals surface area contributed by atoms with E-state index in [0.29, 0.717) is 43.0 Å². The highest BCUT2D eigenvalue weighted by molar-refractivity contribution is 6.46. The zero-order valence-electron chi connectivity index (χ0n) is 18.1. The van der Waals surface area contributed by atoms with Crippen LogP contribution in [0.15, 0.2) is 91.5 Å². The molecule has 1 unspecified atom stereocenters. The summed E-state index contributed by atoms with van der Waals surface area (Å²) in [5.74, 6) is -1.26. The summed E-state index contributed by atoms with van der Waals surface area (Å²) in [7, 11) is 0. The molecule has 168 valence electrons. The Hall–Kier alpha value is -4.13. The fourth-order valence-electron chi connectivity index (χ4n) is 4.01. The number of hydrogen-bond donors (Lipinski definition) is 1. The minimum Gasteiger partial charge on any atom is -0.872 e. The van der Waals surface area contributed by atoms with Crippen molar-refractivity contribution in [2.45, 2.75) is 19.0 Å². The normalized spacial score (nSPS) is 17.3. The number of aromatic nitrogens is 2. The summed E-state index contributed by atoms with van der Waals surface area (Å²) in [6, 6.07) is 15.0. The van der Waals surface area contributed by atoms with E-state index in [2.05, 4.69) is 11.6 Å². The van der Waals surface area contributed by atoms with Crippen molar-refractivity contribution in [3.63, 3.8) is 0 Å². The smallest absolute Gasteiger partial charge is 0.295 e. The van der Waals surface area contributed by atoms with Crippen molar-refractivity contribution < 1.29 is 24.0 Å². The van der Waals surface area contributed by atoms with E-state index in [1.807, 2.05) is 29.4 Å². The second kappa shape index (κ2) is 9.99. The lowest BCUT2D eigenvalue weighted by atomic mass is 9.95. The summed E-state index contributed by atoms with van der Waals surface area (Å²) < 4.78 is 7.61. The van der Waals surface area contributed by atoms with Gasteiger partial charge in [-0.15, -0.1) is 0 Å². The Balaban J connectivity index is 1.73. The number of H-pyrrole nitrogens is 1. The third kappa shape index (κ3) is 4.72. The molecule has 0 bridgehead atoms. The van der Waals surface area contributed by atoms with Gasteiger partial charge in [-0.25, -0.2) is 4.57 Å². The van der Waals surface area contributed by atoms with Crippen LogP contribution in [-0.2, 0) is 16.1 Å². The van der Waals surface area contributed by atoms with Crippen molar-refractivity contribution in [2.24, 2.45) is 0 Å². The zero-order valence-corrected chi connectivity index (χ0v) is 18.1. The van der Waals surface area contributed by atoms with Crippen LogP contribution >= 0.6 is 0 Å². The lowest BCUT2D eigenvalue weighted by Crippen LogP contribution is -2.36. The first-order valence-corrected chi connectivity index (χ1v) is 10.8. The average Bonchev–Trinajstić information content (AvgIpc) is 3.45. The number of Topliss-reactive ketones (excluding diaryl/α,β-unsaturated/α-hetero) is 1. The van der Waals surface area contributed by atoms with E-state index in [4.69, 9.17) is 4.74 Å². The molecule has 1 aliphatic rings. The topological polar surface area (TPSA) is 89.3 Å². The predicted molar refractivity (Wildman–Crippen MR) is 121 cm³/mol. The van der Waals surface area contributed by atoms with Gasteiger partial charge in [0.1, 0.15) is 24.8 Å². The maximum atomic E-state index is 13.4. The Bertz CT molecular complexity index is 1170. The number of imidazole rings is 1. The molecule has 1 aromatic heterocycles. The van der Waals surface area contributed by atoms with Crippen molar-refractivity contribution in [1.82, 2.24) is 9.88 Å². The van der Waals surface area contributed by atoms with Crippen LogP contribution in [0.4, 0.5) is 0 Å². The molecule has 0 saturated carbocycles. The molecular formula is C26H25N3O4. The van der Waals surface area contributed by atoms with Crippen LogP contribution in [0, 0.1) is 0 Å². The van der Waals surface area contributed by atoms with Gasteiger partial charge in [0.15, 0.2) is 0 Å². The standard InChI is InChI=1S/C26H25N3O4/c1-2-16-33-21-11-6-10-20(17-21)23-22(24(30)19-8-4-3-5-9-19)25(31)26(32)29(23)14-7-13-28-15-12-27-18-28/h2-6,8-12,15,17-18,23H,1,7,13-14,16H2,(H,30,31). The number of aromatic amines is 1. The van der Waals surface area contributed by atoms with E-state index < -0.39 is 23.5 Å². The van der Waals surface area contributed by atoms with Gasteiger partial charge in [0.05, 0.1) is 12.6 Å². The van der Waals surface area contributed by atoms with Gasteiger partial charge in [0, 0.05) is 18.5 Å². The molecule has 1 N–H and O–H groups in total. The summed E-state index contributed by atoms with van der Waals surface area (Å²) in [5, 5.41) is 13.4. The van der Waals surface area contributed by atoms with Crippen molar-refractivity contribution in [3.05, 3.63) is 103 Å². The van der Waals surface area contributed by atoms with Crippen LogP contribution in [0.1, 0.15) is 23.6 Å². The van der Waals surface area contributed by atoms with Crippen LogP contribution in [0.3, 0.4) is 0 Å². The number of rotatable bonds is 9. The molecule has 1 atom stereocenters. The first-order chi connectivity index (χ1) is 16.1. The van der Waals surface area contributed by atoms with Crippen LogP contribution in [0.25, 0.3) is 5.76 Å². The van der Waals surface area contributed by atoms with Gasteiger partial charge in [-0.1, -0.05) is 60.9 Å². The number of benzene rings is 2. The van der Waals surface area contributed by atoms with E-state index in [1.54, 1.807) is 54.6 Å². The summed E-state index contributed by atoms with van der Waals surface area (Å²) in [5.41, 5.74) is 1.01. The molecule has 0 aliphatic carbocycles. The quantitative estimate of drug-likeness (QED) is 0.181. The van der Waals surface area contributed by atoms with Crippen LogP contribution in [0.2, 0.25) is 0 Å². The number of amides is 1. The third-order valence-electron chi connectivity index (χ3n) is 5.53. The largest absolute Gasteiger partial charge is 0.872 e. The number of carbonyl (C=O) groups excluding carboxylic acids is 2. The summed E-state index contributed by atoms with van der Waals surface area (Å²) in [4.78, 5) is 30.6. The van der Waals surface area contributed by atoms with Crippen molar-refractivity contribution in [3.8, 4) is 5.75 Å². The van der Waals surface area contributed by atoms with Crippen molar-refractivity contribution in [1.29, 1.82) is 0 Å². The van der Waals surface area contributed by atoms with Crippen molar-refractivity contribution >= 4 is 17.4 Å². The Labute approximate surface area is 192 Å². The molecule has 1 saturated heterocycles. The number of likely N-dealkylation sites (tertiary alicyclic amines) is 1. The SMILES string of the molecule is C=CCOc1cccc(C2C(=C([O-])c3ccccc3)C(=O)C(=O)N2CCC[n+]2cc[nH]c2)c1. The maximum Gasteiger partial charge on any atom is 0.295 e. The van der Waals surface area contributed by atoms with Gasteiger partial charge < -0.3 is 14.7 Å². The van der Waals surface area contributed by atoms with Crippen LogP contribution in [-0.4, -0.2) is 34.7 Å². The van der Waals surface area contributed by atoms with Crippen LogP contribution < -0.4 is 14.4 Å². The van der Waals surface area contributed by atoms with Gasteiger partial charge in [-0.2, -0.15) is 0 Å². The van der Waals surface area contributed by atoms with E-state index in [-0.39, 0.29) is 5.57 Å². The van der Waals surface area contributed by atoms with E-state index in [0.717, 1.165) is 0 Å². The van der Waals surface area contributed by atoms with Gasteiger partial charge in [-0.05, 0) is 23.3 Å². The lowest BCUT2D eigenvalue weighted by Gasteiger charge is -2.27. The number of hydrogen-bond acceptors (Lipinski definition) is 4. The molecule has 7 nitrogen and oxygen atoms in total. The number of nitrogens with one attached hydrogen (secondary N) is 1. The number of nitrogens with zero attached hydrogens (tertiary/aromatic N) is 2. The molecule has 1 amide bonds. The molecule has 4 rings (SSSR count). The monoisotopic (exact) mass is 443 g/mol. The molecule has 7 heteroatoms. The number of ketones is 1. The Kier molecular flexibility index (Phi) is 6.69. The molecule has 1 aliphatic heterocycles. The number of carbonyl (C=O) groups is 2. The first-order valence-electron chi connectivity index (χ1n) is 10.8. The molecule has 1 fully saturated rings. The van der Waals surface area contributed by atoms with Crippen LogP contribution in [0.5, 0.6) is 5.75 Å². The lowest BCUT2D eigenvalue weighted by molar-refractivity contribution is -0.695. The minimum absolute atomic E-state index is 0.0265. The second-order valence-electron chi connectivity index (χ2n) is 7.71. The third-order valence-corrected chi connectivity index (χ3v) is 5.53. The molecule has 2 aromatic carbocycles. The van der Waals surface area contributed by atoms with E-state index >= 15 is 0 Å². The van der Waals surface area contributed by atoms with Crippen molar-refractivity contribution in [2.75, 3.05) is 13.2 Å². The van der Waals surface area contributed by atoms with E-state index in [1.165, 1.54) is 4.90 Å². The van der Waals surface area contributed by atoms with E-state index in [9.17, 15) is 14.7 Å². The minimum atomic E-state index is -0.777. The molecule has 2 heterocycles. The highest BCUT2D eigenvalue weighted by Crippen LogP contribution is 2.39.